The van der Waals surface area contributed by atoms with Crippen molar-refractivity contribution < 1.29 is 14.3 Å². The van der Waals surface area contributed by atoms with Crippen LogP contribution < -0.4 is 10.3 Å². The van der Waals surface area contributed by atoms with Gasteiger partial charge in [-0.25, -0.2) is 9.48 Å². The second-order valence-electron chi connectivity index (χ2n) is 6.51. The predicted octanol–water partition coefficient (Wildman–Crippen LogP) is 3.60. The lowest BCUT2D eigenvalue weighted by molar-refractivity contribution is 0.0502. The second kappa shape index (κ2) is 9.17. The second-order valence-corrected chi connectivity index (χ2v) is 6.51. The maximum atomic E-state index is 12.7. The zero-order chi connectivity index (χ0) is 19.9. The number of benzene rings is 2. The molecule has 1 aromatic heterocycles. The van der Waals surface area contributed by atoms with Crippen molar-refractivity contribution in [2.24, 2.45) is 0 Å². The fraction of sp³-hybridized carbons (Fsp3) is 0.318. The molecule has 0 amide bonds. The van der Waals surface area contributed by atoms with E-state index in [-0.39, 0.29) is 17.9 Å². The molecule has 6 nitrogen and oxygen atoms in total. The number of carbonyl (C=O) groups excluding carboxylic acids is 1. The predicted molar refractivity (Wildman–Crippen MR) is 108 cm³/mol. The van der Waals surface area contributed by atoms with Gasteiger partial charge in [-0.2, -0.15) is 5.10 Å². The molecule has 0 bridgehead atoms. The third kappa shape index (κ3) is 4.39. The van der Waals surface area contributed by atoms with Gasteiger partial charge in [-0.3, -0.25) is 4.79 Å². The Bertz CT molecular complexity index is 1010. The van der Waals surface area contributed by atoms with E-state index in [4.69, 9.17) is 9.47 Å². The molecule has 0 aliphatic rings. The van der Waals surface area contributed by atoms with Crippen LogP contribution in [0.3, 0.4) is 0 Å². The number of carbonyl (C=O) groups is 1. The van der Waals surface area contributed by atoms with Crippen LogP contribution in [0, 0.1) is 0 Å². The molecule has 0 fully saturated rings. The number of hydrogen-bond acceptors (Lipinski definition) is 5. The molecule has 1 heterocycles. The maximum Gasteiger partial charge on any atom is 0.359 e. The van der Waals surface area contributed by atoms with E-state index in [1.54, 1.807) is 31.4 Å². The first-order valence-electron chi connectivity index (χ1n) is 9.44. The lowest BCUT2D eigenvalue weighted by atomic mass is 10.1. The first-order chi connectivity index (χ1) is 13.6. The van der Waals surface area contributed by atoms with Gasteiger partial charge < -0.3 is 9.47 Å². The molecule has 146 valence electrons. The van der Waals surface area contributed by atoms with Crippen LogP contribution >= 0.6 is 0 Å². The lowest BCUT2D eigenvalue weighted by Gasteiger charge is -2.11. The Morgan fingerprint density at radius 2 is 1.79 bits per heavy atom. The molecule has 0 spiro atoms. The Labute approximate surface area is 163 Å². The molecular weight excluding hydrogens is 356 g/mol. The number of ether oxygens (including phenoxy) is 2. The van der Waals surface area contributed by atoms with Crippen LogP contribution in [-0.2, 0) is 17.7 Å². The van der Waals surface area contributed by atoms with E-state index in [0.29, 0.717) is 23.7 Å². The number of methoxy groups -OCH3 is 1. The largest absolute Gasteiger partial charge is 0.497 e. The molecule has 3 rings (SSSR count). The highest BCUT2D eigenvalue weighted by atomic mass is 16.5. The van der Waals surface area contributed by atoms with Gasteiger partial charge >= 0.3 is 5.97 Å². The molecule has 0 unspecified atom stereocenters. The summed E-state index contributed by atoms with van der Waals surface area (Å²) in [6.45, 7) is 2.75. The molecule has 0 aliphatic heterocycles. The van der Waals surface area contributed by atoms with Gasteiger partial charge in [0.25, 0.3) is 5.56 Å². The third-order valence-corrected chi connectivity index (χ3v) is 4.57. The summed E-state index contributed by atoms with van der Waals surface area (Å²) in [4.78, 5) is 25.3. The van der Waals surface area contributed by atoms with Crippen molar-refractivity contribution in [1.29, 1.82) is 0 Å². The molecule has 0 radical (unpaired) electrons. The minimum absolute atomic E-state index is 0.182. The maximum absolute atomic E-state index is 12.7. The monoisotopic (exact) mass is 380 g/mol. The average Bonchev–Trinajstić information content (AvgIpc) is 2.74. The van der Waals surface area contributed by atoms with Crippen LogP contribution in [0.2, 0.25) is 0 Å². The van der Waals surface area contributed by atoms with Crippen LogP contribution in [-0.4, -0.2) is 29.5 Å². The number of unbranched alkanes of at least 4 members (excludes halogenated alkanes) is 1. The van der Waals surface area contributed by atoms with Crippen molar-refractivity contribution >= 4 is 16.7 Å². The summed E-state index contributed by atoms with van der Waals surface area (Å²) < 4.78 is 12.0. The van der Waals surface area contributed by atoms with Gasteiger partial charge in [0.1, 0.15) is 5.75 Å². The highest BCUT2D eigenvalue weighted by molar-refractivity contribution is 6.02. The van der Waals surface area contributed by atoms with Gasteiger partial charge in [-0.05, 0) is 30.2 Å². The van der Waals surface area contributed by atoms with Gasteiger partial charge in [0, 0.05) is 18.4 Å². The van der Waals surface area contributed by atoms with E-state index in [2.05, 4.69) is 5.10 Å². The Balaban J connectivity index is 1.78. The smallest absolute Gasteiger partial charge is 0.359 e. The van der Waals surface area contributed by atoms with Crippen LogP contribution in [0.25, 0.3) is 10.8 Å². The Morgan fingerprint density at radius 3 is 2.46 bits per heavy atom. The summed E-state index contributed by atoms with van der Waals surface area (Å²) in [6, 6.07) is 14.6. The Morgan fingerprint density at radius 1 is 1.07 bits per heavy atom. The zero-order valence-electron chi connectivity index (χ0n) is 16.2. The highest BCUT2D eigenvalue weighted by Gasteiger charge is 2.17. The number of aromatic nitrogens is 2. The topological polar surface area (TPSA) is 70.4 Å². The normalized spacial score (nSPS) is 10.8. The third-order valence-electron chi connectivity index (χ3n) is 4.57. The molecular formula is C22H24N2O4. The van der Waals surface area contributed by atoms with Crippen molar-refractivity contribution in [3.8, 4) is 5.75 Å². The van der Waals surface area contributed by atoms with E-state index in [1.165, 1.54) is 4.68 Å². The summed E-state index contributed by atoms with van der Waals surface area (Å²) in [7, 11) is 1.62. The van der Waals surface area contributed by atoms with Crippen molar-refractivity contribution in [2.75, 3.05) is 13.7 Å². The molecule has 6 heteroatoms. The number of aryl methyl sites for hydroxylation is 1. The Hall–Kier alpha value is -3.15. The van der Waals surface area contributed by atoms with Crippen molar-refractivity contribution in [3.05, 3.63) is 70.1 Å². The Kier molecular flexibility index (Phi) is 6.42. The SMILES string of the molecule is CCCCn1nc(C(=O)OCCc2ccc(OC)cc2)c2ccccc2c1=O. The molecule has 0 saturated heterocycles. The minimum atomic E-state index is -0.519. The molecule has 2 aromatic carbocycles. The van der Waals surface area contributed by atoms with Crippen molar-refractivity contribution in [2.45, 2.75) is 32.7 Å². The summed E-state index contributed by atoms with van der Waals surface area (Å²) in [5.41, 5.74) is 1.04. The first kappa shape index (κ1) is 19.6. The summed E-state index contributed by atoms with van der Waals surface area (Å²) >= 11 is 0. The summed E-state index contributed by atoms with van der Waals surface area (Å²) in [6.07, 6.45) is 2.34. The fourth-order valence-corrected chi connectivity index (χ4v) is 2.97. The van der Waals surface area contributed by atoms with E-state index < -0.39 is 5.97 Å². The van der Waals surface area contributed by atoms with Gasteiger partial charge in [0.15, 0.2) is 5.69 Å². The quantitative estimate of drug-likeness (QED) is 0.559. The number of hydrogen-bond donors (Lipinski definition) is 0. The van der Waals surface area contributed by atoms with Gasteiger partial charge in [-0.15, -0.1) is 0 Å². The van der Waals surface area contributed by atoms with Crippen molar-refractivity contribution in [3.63, 3.8) is 0 Å². The number of esters is 1. The highest BCUT2D eigenvalue weighted by Crippen LogP contribution is 2.15. The van der Waals surface area contributed by atoms with Crippen LogP contribution in [0.5, 0.6) is 5.75 Å². The van der Waals surface area contributed by atoms with Gasteiger partial charge in [-0.1, -0.05) is 43.7 Å². The molecule has 0 saturated carbocycles. The van der Waals surface area contributed by atoms with Gasteiger partial charge in [0.2, 0.25) is 0 Å². The van der Waals surface area contributed by atoms with Crippen LogP contribution in [0.15, 0.2) is 53.3 Å². The van der Waals surface area contributed by atoms with E-state index in [1.807, 2.05) is 31.2 Å². The lowest BCUT2D eigenvalue weighted by Crippen LogP contribution is -2.26. The fourth-order valence-electron chi connectivity index (χ4n) is 2.97. The molecule has 0 atom stereocenters. The van der Waals surface area contributed by atoms with E-state index in [9.17, 15) is 9.59 Å². The number of rotatable bonds is 8. The summed E-state index contributed by atoms with van der Waals surface area (Å²) in [5, 5.41) is 5.30. The average molecular weight is 380 g/mol. The molecule has 0 aliphatic carbocycles. The van der Waals surface area contributed by atoms with Gasteiger partial charge in [0.05, 0.1) is 19.1 Å². The van der Waals surface area contributed by atoms with E-state index >= 15 is 0 Å². The minimum Gasteiger partial charge on any atom is -0.497 e. The zero-order valence-corrected chi connectivity index (χ0v) is 16.2. The van der Waals surface area contributed by atoms with Crippen LogP contribution in [0.4, 0.5) is 0 Å². The molecule has 3 aromatic rings. The summed E-state index contributed by atoms with van der Waals surface area (Å²) in [5.74, 6) is 0.265. The number of fused-ring (bicyclic) bond motifs is 1. The molecule has 0 N–H and O–H groups in total. The van der Waals surface area contributed by atoms with Crippen molar-refractivity contribution in [1.82, 2.24) is 9.78 Å². The number of nitrogens with zero attached hydrogens (tertiary/aromatic N) is 2. The standard InChI is InChI=1S/C22H24N2O4/c1-3-4-14-24-21(25)19-8-6-5-7-18(19)20(23-24)22(26)28-15-13-16-9-11-17(27-2)12-10-16/h5-12H,3-4,13-15H2,1-2H3. The first-order valence-corrected chi connectivity index (χ1v) is 9.44. The molecule has 28 heavy (non-hydrogen) atoms. The van der Waals surface area contributed by atoms with Crippen LogP contribution in [0.1, 0.15) is 35.8 Å². The van der Waals surface area contributed by atoms with E-state index in [0.717, 1.165) is 24.2 Å².